The maximum Gasteiger partial charge on any atom is 0.237 e. The van der Waals surface area contributed by atoms with Crippen molar-refractivity contribution in [3.05, 3.63) is 29.8 Å². The van der Waals surface area contributed by atoms with Gasteiger partial charge in [-0.05, 0) is 37.8 Å². The smallest absolute Gasteiger partial charge is 0.237 e. The van der Waals surface area contributed by atoms with E-state index in [0.717, 1.165) is 5.56 Å². The molecule has 0 aliphatic carbocycles. The fourth-order valence-electron chi connectivity index (χ4n) is 1.32. The topological polar surface area (TPSA) is 55.1 Å². The lowest BCUT2D eigenvalue weighted by Crippen LogP contribution is -2.39. The molecule has 0 aliphatic heterocycles. The van der Waals surface area contributed by atoms with Gasteiger partial charge in [-0.3, -0.25) is 4.79 Å². The molecule has 3 nitrogen and oxygen atoms in total. The molecule has 1 rings (SSSR count). The molecule has 0 bridgehead atoms. The summed E-state index contributed by atoms with van der Waals surface area (Å²) < 4.78 is 0. The molecule has 0 aromatic heterocycles. The van der Waals surface area contributed by atoms with Gasteiger partial charge in [0.25, 0.3) is 0 Å². The number of rotatable bonds is 4. The first-order chi connectivity index (χ1) is 7.54. The minimum atomic E-state index is -0.465. The molecular formula is C12H18N2OS. The second-order valence-corrected chi connectivity index (χ2v) is 4.67. The van der Waals surface area contributed by atoms with Gasteiger partial charge in [0.15, 0.2) is 0 Å². The summed E-state index contributed by atoms with van der Waals surface area (Å²) >= 11 is 1.70. The van der Waals surface area contributed by atoms with E-state index in [2.05, 4.69) is 17.4 Å². The van der Waals surface area contributed by atoms with Crippen LogP contribution in [0.2, 0.25) is 0 Å². The Balaban J connectivity index is 2.65. The Morgan fingerprint density at radius 2 is 1.88 bits per heavy atom. The molecule has 0 radical (unpaired) electrons. The molecule has 16 heavy (non-hydrogen) atoms. The molecule has 0 spiro atoms. The molecule has 0 heterocycles. The van der Waals surface area contributed by atoms with E-state index in [-0.39, 0.29) is 11.9 Å². The fraction of sp³-hybridized carbons (Fsp3) is 0.417. The third-order valence-corrected chi connectivity index (χ3v) is 3.13. The van der Waals surface area contributed by atoms with Crippen molar-refractivity contribution < 1.29 is 4.79 Å². The molecule has 0 saturated carbocycles. The lowest BCUT2D eigenvalue weighted by Gasteiger charge is -2.16. The van der Waals surface area contributed by atoms with E-state index in [0.29, 0.717) is 0 Å². The van der Waals surface area contributed by atoms with Gasteiger partial charge in [-0.2, -0.15) is 0 Å². The molecule has 0 aliphatic rings. The number of nitrogens with one attached hydrogen (secondary N) is 1. The zero-order valence-corrected chi connectivity index (χ0v) is 10.7. The highest BCUT2D eigenvalue weighted by Crippen LogP contribution is 2.18. The average molecular weight is 238 g/mol. The van der Waals surface area contributed by atoms with Gasteiger partial charge in [0.1, 0.15) is 0 Å². The fourth-order valence-corrected chi connectivity index (χ4v) is 1.73. The van der Waals surface area contributed by atoms with Gasteiger partial charge < -0.3 is 11.1 Å². The third kappa shape index (κ3) is 3.54. The van der Waals surface area contributed by atoms with Crippen molar-refractivity contribution in [2.45, 2.75) is 30.8 Å². The Hall–Kier alpha value is -1.00. The van der Waals surface area contributed by atoms with Crippen molar-refractivity contribution in [2.75, 3.05) is 6.26 Å². The van der Waals surface area contributed by atoms with Crippen molar-refractivity contribution in [1.29, 1.82) is 0 Å². The van der Waals surface area contributed by atoms with E-state index in [4.69, 9.17) is 5.73 Å². The molecule has 2 atom stereocenters. The number of carbonyl (C=O) groups excluding carboxylic acids is 1. The highest BCUT2D eigenvalue weighted by molar-refractivity contribution is 7.98. The summed E-state index contributed by atoms with van der Waals surface area (Å²) in [6.45, 7) is 3.63. The van der Waals surface area contributed by atoms with Crippen LogP contribution in [0.25, 0.3) is 0 Å². The van der Waals surface area contributed by atoms with Crippen LogP contribution in [0.4, 0.5) is 0 Å². The summed E-state index contributed by atoms with van der Waals surface area (Å²) in [7, 11) is 0. The van der Waals surface area contributed by atoms with E-state index in [1.807, 2.05) is 25.3 Å². The standard InChI is InChI=1S/C12H18N2OS/c1-8(13)12(15)14-9(2)10-4-6-11(16-3)7-5-10/h4-9H,13H2,1-3H3,(H,14,15)/t8-,9?/m0/s1. The molecule has 3 N–H and O–H groups in total. The second kappa shape index (κ2) is 5.92. The van der Waals surface area contributed by atoms with Gasteiger partial charge in [0.05, 0.1) is 12.1 Å². The Bertz CT molecular complexity index is 349. The maximum absolute atomic E-state index is 11.4. The lowest BCUT2D eigenvalue weighted by molar-refractivity contribution is -0.122. The maximum atomic E-state index is 11.4. The normalized spacial score (nSPS) is 14.2. The zero-order chi connectivity index (χ0) is 12.1. The van der Waals surface area contributed by atoms with Crippen LogP contribution in [-0.4, -0.2) is 18.2 Å². The second-order valence-electron chi connectivity index (χ2n) is 3.79. The predicted octanol–water partition coefficient (Wildman–Crippen LogP) is 1.93. The van der Waals surface area contributed by atoms with Crippen molar-refractivity contribution >= 4 is 17.7 Å². The van der Waals surface area contributed by atoms with Crippen LogP contribution >= 0.6 is 11.8 Å². The summed E-state index contributed by atoms with van der Waals surface area (Å²) in [5.41, 5.74) is 6.58. The van der Waals surface area contributed by atoms with Crippen molar-refractivity contribution in [3.63, 3.8) is 0 Å². The van der Waals surface area contributed by atoms with Crippen LogP contribution in [0.5, 0.6) is 0 Å². The average Bonchev–Trinajstić information content (AvgIpc) is 2.28. The number of nitrogens with two attached hydrogens (primary N) is 1. The highest BCUT2D eigenvalue weighted by atomic mass is 32.2. The molecule has 1 aromatic rings. The summed E-state index contributed by atoms with van der Waals surface area (Å²) in [6, 6.07) is 7.68. The van der Waals surface area contributed by atoms with E-state index < -0.39 is 6.04 Å². The number of carbonyl (C=O) groups is 1. The summed E-state index contributed by atoms with van der Waals surface area (Å²) in [5, 5.41) is 2.86. The highest BCUT2D eigenvalue weighted by Gasteiger charge is 2.12. The molecule has 4 heteroatoms. The first-order valence-corrected chi connectivity index (χ1v) is 6.47. The third-order valence-electron chi connectivity index (χ3n) is 2.39. The summed E-state index contributed by atoms with van der Waals surface area (Å²) in [6.07, 6.45) is 2.04. The van der Waals surface area contributed by atoms with Crippen molar-refractivity contribution in [2.24, 2.45) is 5.73 Å². The number of hydrogen-bond donors (Lipinski definition) is 2. The molecule has 1 aromatic carbocycles. The number of amides is 1. The van der Waals surface area contributed by atoms with Crippen LogP contribution in [0.1, 0.15) is 25.5 Å². The van der Waals surface area contributed by atoms with E-state index in [1.54, 1.807) is 18.7 Å². The van der Waals surface area contributed by atoms with Crippen molar-refractivity contribution in [1.82, 2.24) is 5.32 Å². The van der Waals surface area contributed by atoms with Gasteiger partial charge in [0.2, 0.25) is 5.91 Å². The van der Waals surface area contributed by atoms with Gasteiger partial charge in [-0.15, -0.1) is 11.8 Å². The molecule has 1 unspecified atom stereocenters. The minimum absolute atomic E-state index is 0.00518. The first kappa shape index (κ1) is 13.1. The van der Waals surface area contributed by atoms with E-state index >= 15 is 0 Å². The molecule has 88 valence electrons. The predicted molar refractivity (Wildman–Crippen MR) is 68.4 cm³/mol. The zero-order valence-electron chi connectivity index (χ0n) is 9.86. The Morgan fingerprint density at radius 3 is 2.31 bits per heavy atom. The molecule has 0 fully saturated rings. The van der Waals surface area contributed by atoms with Crippen molar-refractivity contribution in [3.8, 4) is 0 Å². The van der Waals surface area contributed by atoms with E-state index in [1.165, 1.54) is 4.90 Å². The summed E-state index contributed by atoms with van der Waals surface area (Å²) in [4.78, 5) is 12.6. The first-order valence-electron chi connectivity index (χ1n) is 5.24. The Morgan fingerprint density at radius 1 is 1.31 bits per heavy atom. The Kier molecular flexibility index (Phi) is 4.83. The quantitative estimate of drug-likeness (QED) is 0.788. The number of thioether (sulfide) groups is 1. The largest absolute Gasteiger partial charge is 0.348 e. The monoisotopic (exact) mass is 238 g/mol. The van der Waals surface area contributed by atoms with Gasteiger partial charge >= 0.3 is 0 Å². The Labute approximate surface area is 101 Å². The van der Waals surface area contributed by atoms with Crippen LogP contribution in [0.3, 0.4) is 0 Å². The van der Waals surface area contributed by atoms with Crippen LogP contribution in [0, 0.1) is 0 Å². The molecule has 0 saturated heterocycles. The van der Waals surface area contributed by atoms with Crippen LogP contribution in [0.15, 0.2) is 29.2 Å². The molecular weight excluding hydrogens is 220 g/mol. The van der Waals surface area contributed by atoms with Gasteiger partial charge in [0, 0.05) is 4.90 Å². The molecule has 1 amide bonds. The minimum Gasteiger partial charge on any atom is -0.348 e. The van der Waals surface area contributed by atoms with Crippen LogP contribution < -0.4 is 11.1 Å². The van der Waals surface area contributed by atoms with Gasteiger partial charge in [-0.25, -0.2) is 0 Å². The van der Waals surface area contributed by atoms with E-state index in [9.17, 15) is 4.79 Å². The number of hydrogen-bond acceptors (Lipinski definition) is 3. The van der Waals surface area contributed by atoms with Crippen LogP contribution in [-0.2, 0) is 4.79 Å². The SMILES string of the molecule is CSc1ccc(C(C)NC(=O)[C@H](C)N)cc1. The summed E-state index contributed by atoms with van der Waals surface area (Å²) in [5.74, 6) is -0.124. The van der Waals surface area contributed by atoms with Gasteiger partial charge in [-0.1, -0.05) is 12.1 Å². The number of benzene rings is 1. The lowest BCUT2D eigenvalue weighted by atomic mass is 10.1.